The average Bonchev–Trinajstić information content (AvgIpc) is 3.19. The molecule has 38 heavy (non-hydrogen) atoms. The number of para-hydroxylation sites is 1. The van der Waals surface area contributed by atoms with Crippen molar-refractivity contribution in [2.75, 3.05) is 13.2 Å². The number of carbonyl (C=O) groups excluding carboxylic acids is 1. The zero-order chi connectivity index (χ0) is 27.7. The average molecular weight is 530 g/mol. The van der Waals surface area contributed by atoms with Crippen LogP contribution in [0.5, 0.6) is 0 Å². The van der Waals surface area contributed by atoms with E-state index in [9.17, 15) is 24.3 Å². The molecule has 0 fully saturated rings. The maximum atomic E-state index is 13.6. The monoisotopic (exact) mass is 529 g/mol. The Bertz CT molecular complexity index is 1250. The molecule has 0 saturated heterocycles. The molecule has 10 heteroatoms. The number of aliphatic hydroxyl groups excluding tert-OH is 2. The second-order valence-corrected chi connectivity index (χ2v) is 9.27. The summed E-state index contributed by atoms with van der Waals surface area (Å²) < 4.78 is 20.8. The van der Waals surface area contributed by atoms with E-state index in [2.05, 4.69) is 23.3 Å². The lowest BCUT2D eigenvalue weighted by Gasteiger charge is -2.15. The Balaban J connectivity index is 1.68. The molecule has 3 aromatic rings. The second kappa shape index (κ2) is 13.7. The van der Waals surface area contributed by atoms with Crippen molar-refractivity contribution in [1.29, 1.82) is 0 Å². The molecule has 2 aromatic carbocycles. The van der Waals surface area contributed by atoms with Crippen LogP contribution in [0.3, 0.4) is 0 Å². The number of hydrogen-bond acceptors (Lipinski definition) is 6. The Hall–Kier alpha value is -3.76. The summed E-state index contributed by atoms with van der Waals surface area (Å²) in [4.78, 5) is 26.4. The van der Waals surface area contributed by atoms with Crippen LogP contribution in [0.15, 0.2) is 54.6 Å². The third-order valence-corrected chi connectivity index (χ3v) is 5.99. The summed E-state index contributed by atoms with van der Waals surface area (Å²) in [6.45, 7) is 4.18. The Morgan fingerprint density at radius 1 is 1.08 bits per heavy atom. The second-order valence-electron chi connectivity index (χ2n) is 9.27. The Kier molecular flexibility index (Phi) is 10.4. The molecule has 3 N–H and O–H groups in total. The van der Waals surface area contributed by atoms with Crippen molar-refractivity contribution in [3.05, 3.63) is 71.0 Å². The van der Waals surface area contributed by atoms with Crippen LogP contribution in [0.1, 0.15) is 51.3 Å². The Labute approximate surface area is 220 Å². The predicted octanol–water partition coefficient (Wildman–Crippen LogP) is 4.97. The maximum Gasteiger partial charge on any atom is 0.475 e. The van der Waals surface area contributed by atoms with Crippen LogP contribution in [0.4, 0.5) is 4.39 Å². The van der Waals surface area contributed by atoms with Gasteiger partial charge in [0.15, 0.2) is 6.61 Å². The van der Waals surface area contributed by atoms with Gasteiger partial charge in [0.1, 0.15) is 10.7 Å². The number of carbonyl (C=O) groups is 1. The number of unbranched alkanes of at least 4 members (excludes halogenated alkanes) is 1. The van der Waals surface area contributed by atoms with Crippen LogP contribution in [-0.2, 0) is 14.4 Å². The van der Waals surface area contributed by atoms with E-state index in [1.54, 1.807) is 24.3 Å². The number of esters is 1. The van der Waals surface area contributed by atoms with Crippen LogP contribution in [0.25, 0.3) is 28.1 Å². The third-order valence-electron chi connectivity index (χ3n) is 5.99. The Morgan fingerprint density at radius 3 is 2.45 bits per heavy atom. The van der Waals surface area contributed by atoms with Gasteiger partial charge in [0.2, 0.25) is 0 Å². The van der Waals surface area contributed by atoms with Gasteiger partial charge in [-0.3, -0.25) is 4.79 Å². The highest BCUT2D eigenvalue weighted by Gasteiger charge is 2.20. The fraction of sp³-hybridized carbons (Fsp3) is 0.393. The minimum Gasteiger partial charge on any atom is -0.466 e. The first kappa shape index (κ1) is 28.8. The molecule has 9 nitrogen and oxygen atoms in total. The lowest BCUT2D eigenvalue weighted by atomic mass is 10.0. The van der Waals surface area contributed by atoms with Crippen molar-refractivity contribution in [3.63, 3.8) is 0 Å². The predicted molar refractivity (Wildman–Crippen MR) is 140 cm³/mol. The molecule has 204 valence electrons. The maximum absolute atomic E-state index is 13.6. The van der Waals surface area contributed by atoms with E-state index in [4.69, 9.17) is 9.94 Å². The minimum absolute atomic E-state index is 0.0165. The number of rotatable bonds is 14. The molecule has 0 saturated carbocycles. The summed E-state index contributed by atoms with van der Waals surface area (Å²) in [5, 5.41) is 29.6. The van der Waals surface area contributed by atoms with E-state index >= 15 is 0 Å². The molecule has 1 aromatic heterocycles. The fourth-order valence-electron chi connectivity index (χ4n) is 4.35. The molecule has 0 bridgehead atoms. The molecule has 0 spiro atoms. The van der Waals surface area contributed by atoms with Crippen molar-refractivity contribution >= 4 is 22.9 Å². The van der Waals surface area contributed by atoms with Crippen LogP contribution >= 0.6 is 0 Å². The van der Waals surface area contributed by atoms with Crippen molar-refractivity contribution in [3.8, 4) is 11.1 Å². The largest absolute Gasteiger partial charge is 0.475 e. The van der Waals surface area contributed by atoms with Crippen LogP contribution in [0, 0.1) is 10.7 Å². The van der Waals surface area contributed by atoms with Gasteiger partial charge in [0.05, 0.1) is 25.2 Å². The molecule has 0 radical (unpaired) electrons. The quantitative estimate of drug-likeness (QED) is 0.153. The van der Waals surface area contributed by atoms with Gasteiger partial charge in [0, 0.05) is 34.6 Å². The van der Waals surface area contributed by atoms with Crippen molar-refractivity contribution in [1.82, 2.24) is 4.57 Å². The number of aliphatic hydroxyl groups is 2. The Morgan fingerprint density at radius 2 is 1.76 bits per heavy atom. The van der Waals surface area contributed by atoms with E-state index in [0.717, 1.165) is 27.7 Å². The summed E-state index contributed by atoms with van der Waals surface area (Å²) in [7, 11) is 0. The lowest BCUT2D eigenvalue weighted by Crippen LogP contribution is -2.21. The first-order valence-corrected chi connectivity index (χ1v) is 12.5. The highest BCUT2D eigenvalue weighted by molar-refractivity contribution is 6.01. The van der Waals surface area contributed by atoms with E-state index in [-0.39, 0.29) is 37.9 Å². The van der Waals surface area contributed by atoms with Gasteiger partial charge in [-0.2, -0.15) is 4.84 Å². The molecule has 1 heterocycles. The summed E-state index contributed by atoms with van der Waals surface area (Å²) >= 11 is 0. The number of benzene rings is 2. The number of ether oxygens (including phenoxy) is 1. The SMILES string of the molecule is CC(C)n1c(/C=C\[C@@H](O)C[C@@H](O)CC(=O)OCCCCO[N+](=O)O)c(-c2ccc(F)cc2)c2ccccc21. The molecular formula is C28H34FN2O7+. The van der Waals surface area contributed by atoms with Crippen molar-refractivity contribution in [2.24, 2.45) is 0 Å². The van der Waals surface area contributed by atoms with Gasteiger partial charge in [0.25, 0.3) is 0 Å². The molecule has 0 aliphatic carbocycles. The van der Waals surface area contributed by atoms with Gasteiger partial charge in [-0.25, -0.2) is 9.60 Å². The number of halogens is 1. The molecule has 0 aliphatic rings. The van der Waals surface area contributed by atoms with Crippen LogP contribution in [0.2, 0.25) is 0 Å². The molecular weight excluding hydrogens is 495 g/mol. The third kappa shape index (κ3) is 7.87. The number of hydrogen-bond donors (Lipinski definition) is 3. The zero-order valence-corrected chi connectivity index (χ0v) is 21.5. The molecule has 0 amide bonds. The standard InChI is InChI=1S/C28H34FN2O7/c1-19(2)30-25-8-4-3-7-24(25)28(20-9-11-21(29)12-10-20)26(30)14-13-22(32)17-23(33)18-27(34)37-15-5-6-16-38-31(35)36/h3-4,7-14,19,22-23,32-33H,5-6,15-18H2,1-2H3,(H,35,36)/q+1/b14-13-/t22-,23-/m1/s1. The van der Waals surface area contributed by atoms with Gasteiger partial charge < -0.3 is 19.5 Å². The number of aromatic nitrogens is 1. The van der Waals surface area contributed by atoms with Gasteiger partial charge in [-0.1, -0.05) is 36.4 Å². The summed E-state index contributed by atoms with van der Waals surface area (Å²) in [6, 6.07) is 14.3. The van der Waals surface area contributed by atoms with E-state index in [1.807, 2.05) is 24.3 Å². The highest BCUT2D eigenvalue weighted by atomic mass is 19.1. The van der Waals surface area contributed by atoms with E-state index in [1.165, 1.54) is 12.1 Å². The molecule has 0 aliphatic heterocycles. The number of fused-ring (bicyclic) bond motifs is 1. The number of nitrogens with zero attached hydrogens (tertiary/aromatic N) is 2. The first-order chi connectivity index (χ1) is 18.2. The van der Waals surface area contributed by atoms with Gasteiger partial charge >= 0.3 is 11.1 Å². The summed E-state index contributed by atoms with van der Waals surface area (Å²) in [5.74, 6) is -0.937. The summed E-state index contributed by atoms with van der Waals surface area (Å²) in [6.07, 6.45) is 1.71. The van der Waals surface area contributed by atoms with Gasteiger partial charge in [-0.15, -0.1) is 0 Å². The van der Waals surface area contributed by atoms with Crippen LogP contribution in [-0.4, -0.2) is 56.5 Å². The fourth-order valence-corrected chi connectivity index (χ4v) is 4.35. The topological polar surface area (TPSA) is 121 Å². The van der Waals surface area contributed by atoms with Crippen molar-refractivity contribution in [2.45, 2.75) is 57.8 Å². The van der Waals surface area contributed by atoms with Gasteiger partial charge in [-0.05, 0) is 56.5 Å². The van der Waals surface area contributed by atoms with Crippen molar-refractivity contribution < 1.29 is 39.3 Å². The highest BCUT2D eigenvalue weighted by Crippen LogP contribution is 2.38. The lowest BCUT2D eigenvalue weighted by molar-refractivity contribution is -0.975. The first-order valence-electron chi connectivity index (χ1n) is 12.5. The summed E-state index contributed by atoms with van der Waals surface area (Å²) in [5.41, 5.74) is 3.60. The van der Waals surface area contributed by atoms with Crippen LogP contribution < -0.4 is 0 Å². The molecule has 0 unspecified atom stereocenters. The minimum atomic E-state index is -1.11. The van der Waals surface area contributed by atoms with E-state index in [0.29, 0.717) is 12.8 Å². The zero-order valence-electron chi connectivity index (χ0n) is 21.5. The normalized spacial score (nSPS) is 13.2. The molecule has 2 atom stereocenters. The van der Waals surface area contributed by atoms with E-state index < -0.39 is 23.3 Å². The smallest absolute Gasteiger partial charge is 0.466 e. The molecule has 3 rings (SSSR count).